The van der Waals surface area contributed by atoms with Crippen LogP contribution in [0.5, 0.6) is 0 Å². The molecule has 1 amide bonds. The van der Waals surface area contributed by atoms with Crippen molar-refractivity contribution in [1.82, 2.24) is 0 Å². The zero-order valence-electron chi connectivity index (χ0n) is 13.3. The van der Waals surface area contributed by atoms with Crippen LogP contribution in [0.25, 0.3) is 0 Å². The number of methoxy groups -OCH3 is 1. The van der Waals surface area contributed by atoms with Crippen molar-refractivity contribution in [3.63, 3.8) is 0 Å². The number of fused-ring (bicyclic) bond motifs is 1. The molecule has 0 spiro atoms. The molecule has 0 fully saturated rings. The Morgan fingerprint density at radius 2 is 2.00 bits per heavy atom. The fourth-order valence-corrected chi connectivity index (χ4v) is 3.28. The highest BCUT2D eigenvalue weighted by molar-refractivity contribution is 6.35. The van der Waals surface area contributed by atoms with Crippen LogP contribution in [0.1, 0.15) is 17.5 Å². The van der Waals surface area contributed by atoms with Gasteiger partial charge in [-0.25, -0.2) is 0 Å². The van der Waals surface area contributed by atoms with Crippen LogP contribution in [0.3, 0.4) is 0 Å². The molecule has 1 aliphatic heterocycles. The predicted molar refractivity (Wildman–Crippen MR) is 97.9 cm³/mol. The van der Waals surface area contributed by atoms with Crippen molar-refractivity contribution in [3.05, 3.63) is 57.6 Å². The third-order valence-corrected chi connectivity index (χ3v) is 4.62. The highest BCUT2D eigenvalue weighted by atomic mass is 35.5. The van der Waals surface area contributed by atoms with Gasteiger partial charge >= 0.3 is 0 Å². The number of aryl methyl sites for hydroxylation is 1. The van der Waals surface area contributed by atoms with Crippen molar-refractivity contribution in [3.8, 4) is 0 Å². The highest BCUT2D eigenvalue weighted by Gasteiger charge is 2.23. The van der Waals surface area contributed by atoms with E-state index < -0.39 is 0 Å². The van der Waals surface area contributed by atoms with Gasteiger partial charge in [-0.1, -0.05) is 29.3 Å². The maximum atomic E-state index is 12.0. The summed E-state index contributed by atoms with van der Waals surface area (Å²) >= 11 is 12.1. The average molecular weight is 365 g/mol. The van der Waals surface area contributed by atoms with Gasteiger partial charge in [0.1, 0.15) is 6.73 Å². The molecule has 24 heavy (non-hydrogen) atoms. The number of carbonyl (C=O) groups excluding carboxylic acids is 1. The Morgan fingerprint density at radius 3 is 2.75 bits per heavy atom. The molecule has 0 saturated carbocycles. The van der Waals surface area contributed by atoms with Gasteiger partial charge in [-0.3, -0.25) is 9.69 Å². The van der Waals surface area contributed by atoms with E-state index in [1.165, 1.54) is 0 Å². The van der Waals surface area contributed by atoms with Crippen molar-refractivity contribution in [2.45, 2.75) is 19.4 Å². The van der Waals surface area contributed by atoms with Crippen molar-refractivity contribution in [2.75, 3.05) is 24.1 Å². The Hall–Kier alpha value is -1.75. The first kappa shape index (κ1) is 17.1. The predicted octanol–water partition coefficient (Wildman–Crippen LogP) is 4.49. The van der Waals surface area contributed by atoms with Gasteiger partial charge in [0.15, 0.2) is 0 Å². The van der Waals surface area contributed by atoms with E-state index >= 15 is 0 Å². The number of carbonyl (C=O) groups is 1. The number of hydrogen-bond donors (Lipinski definition) is 1. The fourth-order valence-electron chi connectivity index (χ4n) is 2.80. The van der Waals surface area contributed by atoms with Gasteiger partial charge in [0, 0.05) is 41.5 Å². The maximum Gasteiger partial charge on any atom is 0.229 e. The second-order valence-corrected chi connectivity index (χ2v) is 6.52. The van der Waals surface area contributed by atoms with Crippen LogP contribution in [0.2, 0.25) is 10.0 Å². The van der Waals surface area contributed by atoms with Crippen LogP contribution in [-0.2, 0) is 22.5 Å². The minimum Gasteiger partial charge on any atom is -0.381 e. The van der Waals surface area contributed by atoms with Crippen LogP contribution in [0, 0.1) is 0 Å². The van der Waals surface area contributed by atoms with Gasteiger partial charge in [0.05, 0.1) is 0 Å². The SMILES string of the molecule is COCN1C(=O)CCc2cc(NCc3ccc(Cl)cc3Cl)ccc21. The van der Waals surface area contributed by atoms with Crippen molar-refractivity contribution in [2.24, 2.45) is 0 Å². The van der Waals surface area contributed by atoms with E-state index in [9.17, 15) is 4.79 Å². The van der Waals surface area contributed by atoms with E-state index in [1.807, 2.05) is 24.3 Å². The van der Waals surface area contributed by atoms with Gasteiger partial charge in [0.2, 0.25) is 5.91 Å². The molecule has 0 aliphatic carbocycles. The van der Waals surface area contributed by atoms with E-state index in [2.05, 4.69) is 11.4 Å². The van der Waals surface area contributed by atoms with E-state index in [4.69, 9.17) is 27.9 Å². The number of ether oxygens (including phenoxy) is 1. The lowest BCUT2D eigenvalue weighted by Crippen LogP contribution is -2.36. The Bertz CT molecular complexity index is 765. The highest BCUT2D eigenvalue weighted by Crippen LogP contribution is 2.30. The van der Waals surface area contributed by atoms with Crippen LogP contribution in [-0.4, -0.2) is 19.7 Å². The lowest BCUT2D eigenvalue weighted by molar-refractivity contribution is -0.119. The number of anilines is 2. The van der Waals surface area contributed by atoms with Gasteiger partial charge in [0.25, 0.3) is 0 Å². The molecular weight excluding hydrogens is 347 g/mol. The molecular formula is C18H18Cl2N2O2. The topological polar surface area (TPSA) is 41.6 Å². The second-order valence-electron chi connectivity index (χ2n) is 5.67. The molecule has 3 rings (SSSR count). The van der Waals surface area contributed by atoms with Gasteiger partial charge in [-0.15, -0.1) is 0 Å². The third kappa shape index (κ3) is 3.66. The third-order valence-electron chi connectivity index (χ3n) is 4.04. The lowest BCUT2D eigenvalue weighted by atomic mass is 10.0. The zero-order valence-corrected chi connectivity index (χ0v) is 14.8. The summed E-state index contributed by atoms with van der Waals surface area (Å²) in [5.74, 6) is 0.0954. The normalized spacial score (nSPS) is 13.8. The summed E-state index contributed by atoms with van der Waals surface area (Å²) in [5, 5.41) is 4.64. The number of rotatable bonds is 5. The summed E-state index contributed by atoms with van der Waals surface area (Å²) in [7, 11) is 1.59. The minimum absolute atomic E-state index is 0.0954. The molecule has 4 nitrogen and oxygen atoms in total. The van der Waals surface area contributed by atoms with Crippen molar-refractivity contribution < 1.29 is 9.53 Å². The summed E-state index contributed by atoms with van der Waals surface area (Å²) in [6.07, 6.45) is 1.24. The molecule has 126 valence electrons. The molecule has 1 N–H and O–H groups in total. The monoisotopic (exact) mass is 364 g/mol. The Balaban J connectivity index is 1.75. The maximum absolute atomic E-state index is 12.0. The molecule has 1 aliphatic rings. The Labute approximate surface area is 151 Å². The first-order chi connectivity index (χ1) is 11.6. The largest absolute Gasteiger partial charge is 0.381 e. The smallest absolute Gasteiger partial charge is 0.229 e. The number of amides is 1. The van der Waals surface area contributed by atoms with Crippen molar-refractivity contribution in [1.29, 1.82) is 0 Å². The summed E-state index contributed by atoms with van der Waals surface area (Å²) in [4.78, 5) is 13.7. The van der Waals surface area contributed by atoms with Gasteiger partial charge in [-0.05, 0) is 47.9 Å². The molecule has 2 aromatic rings. The zero-order chi connectivity index (χ0) is 17.1. The number of nitrogens with zero attached hydrogens (tertiary/aromatic N) is 1. The van der Waals surface area contributed by atoms with Crippen LogP contribution >= 0.6 is 23.2 Å². The first-order valence-corrected chi connectivity index (χ1v) is 8.44. The summed E-state index contributed by atoms with van der Waals surface area (Å²) < 4.78 is 5.13. The Kier molecular flexibility index (Phi) is 5.29. The average Bonchev–Trinajstić information content (AvgIpc) is 2.57. The molecule has 0 radical (unpaired) electrons. The number of benzene rings is 2. The standard InChI is InChI=1S/C18H18Cl2N2O2/c1-24-11-22-17-6-5-15(8-12(17)3-7-18(22)23)21-10-13-2-4-14(19)9-16(13)20/h2,4-6,8-9,21H,3,7,10-11H2,1H3. The van der Waals surface area contributed by atoms with E-state index in [0.29, 0.717) is 23.0 Å². The first-order valence-electron chi connectivity index (χ1n) is 7.68. The van der Waals surface area contributed by atoms with Crippen LogP contribution in [0.15, 0.2) is 36.4 Å². The summed E-state index contributed by atoms with van der Waals surface area (Å²) in [6, 6.07) is 11.5. The van der Waals surface area contributed by atoms with Crippen LogP contribution < -0.4 is 10.2 Å². The van der Waals surface area contributed by atoms with E-state index in [-0.39, 0.29) is 12.6 Å². The molecule has 1 heterocycles. The molecule has 0 aromatic heterocycles. The summed E-state index contributed by atoms with van der Waals surface area (Å²) in [6.45, 7) is 0.883. The number of nitrogens with one attached hydrogen (secondary N) is 1. The van der Waals surface area contributed by atoms with Crippen molar-refractivity contribution >= 4 is 40.5 Å². The second kappa shape index (κ2) is 7.43. The number of halogens is 2. The van der Waals surface area contributed by atoms with Gasteiger partial charge in [-0.2, -0.15) is 0 Å². The molecule has 0 bridgehead atoms. The lowest BCUT2D eigenvalue weighted by Gasteiger charge is -2.29. The summed E-state index contributed by atoms with van der Waals surface area (Å²) in [5.41, 5.74) is 4.03. The fraction of sp³-hybridized carbons (Fsp3) is 0.278. The molecule has 2 aromatic carbocycles. The minimum atomic E-state index is 0.0954. The van der Waals surface area contributed by atoms with E-state index in [1.54, 1.807) is 18.1 Å². The Morgan fingerprint density at radius 1 is 1.17 bits per heavy atom. The molecule has 6 heteroatoms. The van der Waals surface area contributed by atoms with E-state index in [0.717, 1.165) is 28.9 Å². The molecule has 0 saturated heterocycles. The quantitative estimate of drug-likeness (QED) is 0.849. The molecule has 0 unspecified atom stereocenters. The number of hydrogen-bond acceptors (Lipinski definition) is 3. The molecule has 0 atom stereocenters. The van der Waals surface area contributed by atoms with Gasteiger partial charge < -0.3 is 10.1 Å². The van der Waals surface area contributed by atoms with Crippen LogP contribution in [0.4, 0.5) is 11.4 Å².